The second-order valence-corrected chi connectivity index (χ2v) is 4.15. The van der Waals surface area contributed by atoms with Crippen LogP contribution >= 0.6 is 0 Å². The average molecular weight is 218 g/mol. The molecule has 1 saturated heterocycles. The van der Waals surface area contributed by atoms with E-state index in [0.29, 0.717) is 0 Å². The molecule has 1 aliphatic rings. The van der Waals surface area contributed by atoms with E-state index in [-0.39, 0.29) is 6.10 Å². The average Bonchev–Trinajstić information content (AvgIpc) is 2.73. The van der Waals surface area contributed by atoms with Crippen molar-refractivity contribution in [3.05, 3.63) is 18.3 Å². The zero-order chi connectivity index (χ0) is 11.0. The lowest BCUT2D eigenvalue weighted by Gasteiger charge is -2.28. The zero-order valence-corrected chi connectivity index (χ0v) is 8.93. The van der Waals surface area contributed by atoms with Crippen molar-refractivity contribution >= 4 is 17.1 Å². The van der Waals surface area contributed by atoms with Crippen LogP contribution in [0.4, 0.5) is 5.95 Å². The zero-order valence-electron chi connectivity index (χ0n) is 8.93. The first-order chi connectivity index (χ1) is 7.83. The number of pyridine rings is 1. The van der Waals surface area contributed by atoms with Crippen LogP contribution in [0, 0.1) is 0 Å². The van der Waals surface area contributed by atoms with Crippen molar-refractivity contribution in [3.8, 4) is 0 Å². The summed E-state index contributed by atoms with van der Waals surface area (Å²) in [6.07, 6.45) is 3.21. The molecule has 0 aromatic carbocycles. The first-order valence-electron chi connectivity index (χ1n) is 5.57. The first-order valence-corrected chi connectivity index (χ1v) is 5.57. The number of aliphatic hydroxyl groups excluding tert-OH is 1. The maximum atomic E-state index is 9.44. The Morgan fingerprint density at radius 2 is 2.19 bits per heavy atom. The lowest BCUT2D eigenvalue weighted by Crippen LogP contribution is -2.36. The molecule has 0 spiro atoms. The Kier molecular flexibility index (Phi) is 2.25. The molecule has 0 bridgehead atoms. The molecule has 84 valence electrons. The van der Waals surface area contributed by atoms with E-state index in [2.05, 4.69) is 19.9 Å². The normalized spacial score (nSPS) is 18.2. The van der Waals surface area contributed by atoms with Crippen molar-refractivity contribution < 1.29 is 5.11 Å². The Hall–Kier alpha value is -1.62. The van der Waals surface area contributed by atoms with Crippen LogP contribution in [0.25, 0.3) is 11.2 Å². The van der Waals surface area contributed by atoms with Gasteiger partial charge in [0.2, 0.25) is 5.95 Å². The number of nitrogens with one attached hydrogen (secondary N) is 1. The van der Waals surface area contributed by atoms with E-state index in [1.165, 1.54) is 0 Å². The van der Waals surface area contributed by atoms with Crippen molar-refractivity contribution in [1.29, 1.82) is 0 Å². The topological polar surface area (TPSA) is 65.0 Å². The number of imidazole rings is 1. The van der Waals surface area contributed by atoms with Gasteiger partial charge in [0.1, 0.15) is 0 Å². The number of aromatic amines is 1. The fraction of sp³-hybridized carbons (Fsp3) is 0.455. The number of anilines is 1. The fourth-order valence-corrected chi connectivity index (χ4v) is 2.06. The van der Waals surface area contributed by atoms with Crippen LogP contribution < -0.4 is 4.90 Å². The third-order valence-electron chi connectivity index (χ3n) is 3.01. The molecule has 5 heteroatoms. The number of piperidine rings is 1. The first kappa shape index (κ1) is 9.59. The van der Waals surface area contributed by atoms with Gasteiger partial charge in [0.15, 0.2) is 5.65 Å². The quantitative estimate of drug-likeness (QED) is 0.747. The summed E-state index contributed by atoms with van der Waals surface area (Å²) < 4.78 is 0. The molecule has 1 aliphatic heterocycles. The monoisotopic (exact) mass is 218 g/mol. The molecular weight excluding hydrogens is 204 g/mol. The fourth-order valence-electron chi connectivity index (χ4n) is 2.06. The second kappa shape index (κ2) is 3.75. The SMILES string of the molecule is OC1CCN(c2nc3ncccc3[nH]2)CC1. The number of H-pyrrole nitrogens is 1. The van der Waals surface area contributed by atoms with Gasteiger partial charge in [-0.25, -0.2) is 4.98 Å². The highest BCUT2D eigenvalue weighted by molar-refractivity contribution is 5.73. The van der Waals surface area contributed by atoms with Crippen LogP contribution in [-0.4, -0.2) is 39.3 Å². The van der Waals surface area contributed by atoms with E-state index in [9.17, 15) is 5.11 Å². The molecule has 5 nitrogen and oxygen atoms in total. The Morgan fingerprint density at radius 3 is 2.94 bits per heavy atom. The predicted molar refractivity (Wildman–Crippen MR) is 61.3 cm³/mol. The Labute approximate surface area is 93.1 Å². The standard InChI is InChI=1S/C11H14N4O/c16-8-3-6-15(7-4-8)11-13-9-2-1-5-12-10(9)14-11/h1-2,5,8,16H,3-4,6-7H2,(H,12,13,14). The van der Waals surface area contributed by atoms with E-state index < -0.39 is 0 Å². The summed E-state index contributed by atoms with van der Waals surface area (Å²) in [5.41, 5.74) is 1.72. The highest BCUT2D eigenvalue weighted by atomic mass is 16.3. The largest absolute Gasteiger partial charge is 0.393 e. The van der Waals surface area contributed by atoms with Crippen LogP contribution in [0.15, 0.2) is 18.3 Å². The molecule has 0 atom stereocenters. The van der Waals surface area contributed by atoms with Gasteiger partial charge in [-0.2, -0.15) is 4.98 Å². The molecule has 0 aliphatic carbocycles. The molecule has 2 N–H and O–H groups in total. The molecule has 2 aromatic rings. The molecular formula is C11H14N4O. The van der Waals surface area contributed by atoms with Crippen molar-refractivity contribution in [3.63, 3.8) is 0 Å². The number of aromatic nitrogens is 3. The Morgan fingerprint density at radius 1 is 1.38 bits per heavy atom. The van der Waals surface area contributed by atoms with Crippen molar-refractivity contribution in [2.24, 2.45) is 0 Å². The smallest absolute Gasteiger partial charge is 0.205 e. The van der Waals surface area contributed by atoms with Gasteiger partial charge in [-0.05, 0) is 25.0 Å². The van der Waals surface area contributed by atoms with Gasteiger partial charge >= 0.3 is 0 Å². The van der Waals surface area contributed by atoms with Crippen molar-refractivity contribution in [2.45, 2.75) is 18.9 Å². The van der Waals surface area contributed by atoms with Crippen LogP contribution in [0.1, 0.15) is 12.8 Å². The third kappa shape index (κ3) is 1.63. The second-order valence-electron chi connectivity index (χ2n) is 4.15. The minimum absolute atomic E-state index is 0.154. The summed E-state index contributed by atoms with van der Waals surface area (Å²) in [6.45, 7) is 1.70. The van der Waals surface area contributed by atoms with Gasteiger partial charge in [0.25, 0.3) is 0 Å². The van der Waals surface area contributed by atoms with Crippen molar-refractivity contribution in [2.75, 3.05) is 18.0 Å². The maximum Gasteiger partial charge on any atom is 0.205 e. The number of fused-ring (bicyclic) bond motifs is 1. The molecule has 0 unspecified atom stereocenters. The third-order valence-corrected chi connectivity index (χ3v) is 3.01. The number of hydrogen-bond donors (Lipinski definition) is 2. The molecule has 16 heavy (non-hydrogen) atoms. The molecule has 1 fully saturated rings. The van der Waals surface area contributed by atoms with Crippen LogP contribution in [0.2, 0.25) is 0 Å². The summed E-state index contributed by atoms with van der Waals surface area (Å²) in [4.78, 5) is 14.0. The van der Waals surface area contributed by atoms with E-state index in [1.54, 1.807) is 6.20 Å². The molecule has 0 radical (unpaired) electrons. The lowest BCUT2D eigenvalue weighted by molar-refractivity contribution is 0.145. The highest BCUT2D eigenvalue weighted by Gasteiger charge is 2.19. The number of nitrogens with zero attached hydrogens (tertiary/aromatic N) is 3. The molecule has 2 aromatic heterocycles. The number of hydrogen-bond acceptors (Lipinski definition) is 4. The summed E-state index contributed by atoms with van der Waals surface area (Å²) in [6, 6.07) is 3.86. The minimum Gasteiger partial charge on any atom is -0.393 e. The van der Waals surface area contributed by atoms with Crippen LogP contribution in [0.3, 0.4) is 0 Å². The van der Waals surface area contributed by atoms with E-state index in [4.69, 9.17) is 0 Å². The van der Waals surface area contributed by atoms with E-state index in [1.807, 2.05) is 12.1 Å². The number of rotatable bonds is 1. The van der Waals surface area contributed by atoms with E-state index >= 15 is 0 Å². The molecule has 0 amide bonds. The van der Waals surface area contributed by atoms with Crippen LogP contribution in [0.5, 0.6) is 0 Å². The van der Waals surface area contributed by atoms with E-state index in [0.717, 1.165) is 43.0 Å². The number of aliphatic hydroxyl groups is 1. The minimum atomic E-state index is -0.154. The summed E-state index contributed by atoms with van der Waals surface area (Å²) in [7, 11) is 0. The highest BCUT2D eigenvalue weighted by Crippen LogP contribution is 2.19. The van der Waals surface area contributed by atoms with Gasteiger partial charge in [-0.3, -0.25) is 0 Å². The van der Waals surface area contributed by atoms with Crippen LogP contribution in [-0.2, 0) is 0 Å². The predicted octanol–water partition coefficient (Wildman–Crippen LogP) is 0.919. The molecule has 0 saturated carbocycles. The van der Waals surface area contributed by atoms with Gasteiger partial charge < -0.3 is 15.0 Å². The Bertz CT molecular complexity index is 454. The molecule has 3 rings (SSSR count). The van der Waals surface area contributed by atoms with Gasteiger partial charge in [0.05, 0.1) is 11.6 Å². The summed E-state index contributed by atoms with van der Waals surface area (Å²) in [5.74, 6) is 0.862. The maximum absolute atomic E-state index is 9.44. The van der Waals surface area contributed by atoms with Crippen molar-refractivity contribution in [1.82, 2.24) is 15.0 Å². The van der Waals surface area contributed by atoms with Gasteiger partial charge in [-0.1, -0.05) is 0 Å². The van der Waals surface area contributed by atoms with Gasteiger partial charge in [0, 0.05) is 19.3 Å². The van der Waals surface area contributed by atoms with Gasteiger partial charge in [-0.15, -0.1) is 0 Å². The summed E-state index contributed by atoms with van der Waals surface area (Å²) in [5, 5.41) is 9.44. The summed E-state index contributed by atoms with van der Waals surface area (Å²) >= 11 is 0. The molecule has 3 heterocycles. The lowest BCUT2D eigenvalue weighted by atomic mass is 10.1. The Balaban J connectivity index is 1.88.